The second-order valence-electron chi connectivity index (χ2n) is 9.51. The second kappa shape index (κ2) is 8.07. The smallest absolute Gasteiger partial charge is 0.228 e. The maximum atomic E-state index is 10.4. The quantitative estimate of drug-likeness (QED) is 0.431. The van der Waals surface area contributed by atoms with Crippen molar-refractivity contribution >= 4 is 28.0 Å². The lowest BCUT2D eigenvalue weighted by Gasteiger charge is -2.35. The summed E-state index contributed by atoms with van der Waals surface area (Å²) >= 11 is 0. The molecule has 6 rings (SSSR count). The Balaban J connectivity index is 1.38. The van der Waals surface area contributed by atoms with Crippen LogP contribution in [0, 0.1) is 11.8 Å². The van der Waals surface area contributed by atoms with E-state index in [9.17, 15) is 10.2 Å². The standard InChI is InChI=1S/C24H29N7O2/c1-14(15-3-2-4-15)31-19-6-5-16(9-18(19)10-27-31)21-22-23(26-13-25-22)29-24(28-21)30-8-7-17(12-32)20(33)11-30/h5-6,9-10,13-15,17,20,32-33H,2-4,7-8,11-12H2,1H3,(H,25,26,28,29). The zero-order valence-electron chi connectivity index (χ0n) is 18.7. The minimum Gasteiger partial charge on any atom is -0.396 e. The molecule has 0 bridgehead atoms. The average Bonchev–Trinajstić information content (AvgIpc) is 3.43. The van der Waals surface area contributed by atoms with Gasteiger partial charge in [0.1, 0.15) is 11.2 Å². The van der Waals surface area contributed by atoms with E-state index < -0.39 is 6.10 Å². The number of fused-ring (bicyclic) bond motifs is 2. The van der Waals surface area contributed by atoms with Crippen LogP contribution in [0.4, 0.5) is 5.95 Å². The van der Waals surface area contributed by atoms with Crippen molar-refractivity contribution in [1.29, 1.82) is 0 Å². The van der Waals surface area contributed by atoms with E-state index in [1.165, 1.54) is 19.3 Å². The Kier molecular flexibility index (Phi) is 5.03. The van der Waals surface area contributed by atoms with Gasteiger partial charge < -0.3 is 20.1 Å². The number of hydrogen-bond donors (Lipinski definition) is 3. The predicted octanol–water partition coefficient (Wildman–Crippen LogP) is 2.91. The molecule has 33 heavy (non-hydrogen) atoms. The molecule has 4 aromatic rings. The van der Waals surface area contributed by atoms with E-state index in [4.69, 9.17) is 10.1 Å². The highest BCUT2D eigenvalue weighted by Crippen LogP contribution is 2.38. The number of aromatic nitrogens is 6. The molecule has 9 heteroatoms. The van der Waals surface area contributed by atoms with E-state index >= 15 is 0 Å². The van der Waals surface area contributed by atoms with Crippen LogP contribution < -0.4 is 4.90 Å². The summed E-state index contributed by atoms with van der Waals surface area (Å²) in [6.45, 7) is 3.34. The van der Waals surface area contributed by atoms with Crippen LogP contribution >= 0.6 is 0 Å². The van der Waals surface area contributed by atoms with Crippen molar-refractivity contribution in [1.82, 2.24) is 29.7 Å². The molecular formula is C24H29N7O2. The van der Waals surface area contributed by atoms with Gasteiger partial charge in [-0.25, -0.2) is 9.97 Å². The molecule has 2 aliphatic rings. The molecule has 0 spiro atoms. The minimum absolute atomic E-state index is 0.00737. The monoisotopic (exact) mass is 447 g/mol. The fourth-order valence-corrected chi connectivity index (χ4v) is 5.19. The molecule has 0 radical (unpaired) electrons. The van der Waals surface area contributed by atoms with Crippen molar-refractivity contribution in [3.8, 4) is 11.3 Å². The highest BCUT2D eigenvalue weighted by Gasteiger charge is 2.30. The summed E-state index contributed by atoms with van der Waals surface area (Å²) in [6.07, 6.45) is 7.55. The van der Waals surface area contributed by atoms with Gasteiger partial charge in [0, 0.05) is 36.6 Å². The van der Waals surface area contributed by atoms with Gasteiger partial charge >= 0.3 is 0 Å². The first-order valence-corrected chi connectivity index (χ1v) is 11.8. The number of β-amino-alcohol motifs (C(OH)–C–C–N with tert-alkyl or cyclic N) is 1. The van der Waals surface area contributed by atoms with E-state index in [1.807, 2.05) is 11.1 Å². The summed E-state index contributed by atoms with van der Waals surface area (Å²) in [6, 6.07) is 6.76. The molecule has 3 N–H and O–H groups in total. The van der Waals surface area contributed by atoms with Crippen LogP contribution in [0.3, 0.4) is 0 Å². The molecule has 1 saturated carbocycles. The van der Waals surface area contributed by atoms with Gasteiger partial charge in [0.05, 0.1) is 30.2 Å². The molecule has 0 amide bonds. The molecule has 2 fully saturated rings. The Bertz CT molecular complexity index is 1290. The average molecular weight is 448 g/mol. The molecule has 3 atom stereocenters. The van der Waals surface area contributed by atoms with Crippen molar-refractivity contribution in [2.45, 2.75) is 44.8 Å². The molecule has 1 aliphatic carbocycles. The Hall–Kier alpha value is -3.04. The fourth-order valence-electron chi connectivity index (χ4n) is 5.19. The number of H-pyrrole nitrogens is 1. The number of aromatic amines is 1. The highest BCUT2D eigenvalue weighted by atomic mass is 16.3. The zero-order chi connectivity index (χ0) is 22.5. The number of imidazole rings is 1. The van der Waals surface area contributed by atoms with Gasteiger partial charge in [0.2, 0.25) is 5.95 Å². The summed E-state index contributed by atoms with van der Waals surface area (Å²) in [5.74, 6) is 1.16. The SMILES string of the molecule is CC(C1CCC1)n1ncc2cc(-c3nc(N4CCC(CO)C(O)C4)nc4nc[nH]c34)ccc21. The van der Waals surface area contributed by atoms with Gasteiger partial charge in [-0.2, -0.15) is 10.1 Å². The molecule has 3 unspecified atom stereocenters. The minimum atomic E-state index is -0.606. The van der Waals surface area contributed by atoms with Crippen LogP contribution in [0.2, 0.25) is 0 Å². The number of nitrogens with one attached hydrogen (secondary N) is 1. The largest absolute Gasteiger partial charge is 0.396 e. The normalized spacial score (nSPS) is 22.7. The Morgan fingerprint density at radius 3 is 2.85 bits per heavy atom. The lowest BCUT2D eigenvalue weighted by molar-refractivity contribution is 0.0544. The van der Waals surface area contributed by atoms with Crippen molar-refractivity contribution in [3.63, 3.8) is 0 Å². The van der Waals surface area contributed by atoms with Crippen LogP contribution in [-0.4, -0.2) is 65.7 Å². The Labute approximate surface area is 191 Å². The number of benzene rings is 1. The van der Waals surface area contributed by atoms with Crippen LogP contribution in [-0.2, 0) is 0 Å². The summed E-state index contributed by atoms with van der Waals surface area (Å²) in [4.78, 5) is 19.1. The lowest BCUT2D eigenvalue weighted by Crippen LogP contribution is -2.45. The third-order valence-corrected chi connectivity index (χ3v) is 7.60. The van der Waals surface area contributed by atoms with Crippen LogP contribution in [0.25, 0.3) is 33.3 Å². The van der Waals surface area contributed by atoms with E-state index in [1.54, 1.807) is 6.33 Å². The maximum Gasteiger partial charge on any atom is 0.228 e. The number of aliphatic hydroxyl groups excluding tert-OH is 2. The molecule has 1 aromatic carbocycles. The fraction of sp³-hybridized carbons (Fsp3) is 0.500. The predicted molar refractivity (Wildman–Crippen MR) is 126 cm³/mol. The van der Waals surface area contributed by atoms with Gasteiger partial charge in [-0.3, -0.25) is 4.68 Å². The van der Waals surface area contributed by atoms with Gasteiger partial charge in [0.25, 0.3) is 0 Å². The summed E-state index contributed by atoms with van der Waals surface area (Å²) in [7, 11) is 0. The molecular weight excluding hydrogens is 418 g/mol. The summed E-state index contributed by atoms with van der Waals surface area (Å²) in [5.41, 5.74) is 4.29. The van der Waals surface area contributed by atoms with Crippen LogP contribution in [0.5, 0.6) is 0 Å². The first kappa shape index (κ1) is 20.6. The molecule has 4 heterocycles. The van der Waals surface area contributed by atoms with Gasteiger partial charge in [-0.15, -0.1) is 0 Å². The van der Waals surface area contributed by atoms with Crippen LogP contribution in [0.15, 0.2) is 30.7 Å². The molecule has 1 saturated heterocycles. The zero-order valence-corrected chi connectivity index (χ0v) is 18.7. The third kappa shape index (κ3) is 3.46. The van der Waals surface area contributed by atoms with E-state index in [0.29, 0.717) is 43.1 Å². The number of nitrogens with zero attached hydrogens (tertiary/aromatic N) is 6. The Morgan fingerprint density at radius 1 is 1.21 bits per heavy atom. The summed E-state index contributed by atoms with van der Waals surface area (Å²) < 4.78 is 2.16. The van der Waals surface area contributed by atoms with Gasteiger partial charge in [-0.1, -0.05) is 12.5 Å². The second-order valence-corrected chi connectivity index (χ2v) is 9.51. The topological polar surface area (TPSA) is 116 Å². The Morgan fingerprint density at radius 2 is 2.09 bits per heavy atom. The molecule has 172 valence electrons. The van der Waals surface area contributed by atoms with Crippen molar-refractivity contribution in [2.24, 2.45) is 11.8 Å². The first-order valence-electron chi connectivity index (χ1n) is 11.8. The van der Waals surface area contributed by atoms with E-state index in [2.05, 4.69) is 44.8 Å². The number of piperidine rings is 1. The number of rotatable bonds is 5. The van der Waals surface area contributed by atoms with Gasteiger partial charge in [0.15, 0.2) is 5.65 Å². The molecule has 1 aliphatic heterocycles. The number of aliphatic hydroxyl groups is 2. The molecule has 3 aromatic heterocycles. The summed E-state index contributed by atoms with van der Waals surface area (Å²) in [5, 5.41) is 25.7. The lowest BCUT2D eigenvalue weighted by atomic mass is 9.80. The van der Waals surface area contributed by atoms with Crippen molar-refractivity contribution in [3.05, 3.63) is 30.7 Å². The first-order chi connectivity index (χ1) is 16.1. The number of anilines is 1. The third-order valence-electron chi connectivity index (χ3n) is 7.60. The molecule has 9 nitrogen and oxygen atoms in total. The van der Waals surface area contributed by atoms with Crippen LogP contribution in [0.1, 0.15) is 38.6 Å². The van der Waals surface area contributed by atoms with Crippen molar-refractivity contribution < 1.29 is 10.2 Å². The van der Waals surface area contributed by atoms with Gasteiger partial charge in [-0.05, 0) is 44.2 Å². The highest BCUT2D eigenvalue weighted by molar-refractivity contribution is 5.92. The number of hydrogen-bond acceptors (Lipinski definition) is 7. The van der Waals surface area contributed by atoms with Crippen molar-refractivity contribution in [2.75, 3.05) is 24.6 Å². The van der Waals surface area contributed by atoms with E-state index in [-0.39, 0.29) is 12.5 Å². The van der Waals surface area contributed by atoms with E-state index in [0.717, 1.165) is 27.7 Å². The maximum absolute atomic E-state index is 10.4.